The number of aliphatic imine (C=N–C) groups is 1. The Morgan fingerprint density at radius 3 is 2.83 bits per heavy atom. The smallest absolute Gasteiger partial charge is 0.157 e. The van der Waals surface area contributed by atoms with E-state index in [-0.39, 0.29) is 0 Å². The fourth-order valence-electron chi connectivity index (χ4n) is 1.36. The fraction of sp³-hybridized carbons (Fsp3) is 0.889. The Kier molecular flexibility index (Phi) is 2.31. The number of nitrogens with one attached hydrogen (secondary N) is 1. The lowest BCUT2D eigenvalue weighted by molar-refractivity contribution is 0.641. The molecular formula is C9H16N2S. The third-order valence-corrected chi connectivity index (χ3v) is 3.45. The maximum Gasteiger partial charge on any atom is 0.157 e. The minimum Gasteiger partial charge on any atom is -0.362 e. The van der Waals surface area contributed by atoms with Gasteiger partial charge in [-0.15, -0.1) is 0 Å². The summed E-state index contributed by atoms with van der Waals surface area (Å²) in [5.41, 5.74) is 0. The summed E-state index contributed by atoms with van der Waals surface area (Å²) < 4.78 is 0. The summed E-state index contributed by atoms with van der Waals surface area (Å²) in [5.74, 6) is 2.06. The molecule has 68 valence electrons. The van der Waals surface area contributed by atoms with Gasteiger partial charge < -0.3 is 5.32 Å². The number of hydrogen-bond acceptors (Lipinski definition) is 2. The second-order valence-electron chi connectivity index (χ2n) is 3.90. The Labute approximate surface area is 78.2 Å². The minimum absolute atomic E-state index is 0.624. The van der Waals surface area contributed by atoms with Crippen molar-refractivity contribution in [1.82, 2.24) is 5.32 Å². The highest BCUT2D eigenvalue weighted by atomic mass is 32.2. The van der Waals surface area contributed by atoms with Gasteiger partial charge in [-0.1, -0.05) is 18.7 Å². The Morgan fingerprint density at radius 1 is 1.50 bits per heavy atom. The average molecular weight is 184 g/mol. The molecule has 12 heavy (non-hydrogen) atoms. The van der Waals surface area contributed by atoms with E-state index in [1.165, 1.54) is 23.8 Å². The molecule has 0 aromatic rings. The zero-order valence-electron chi connectivity index (χ0n) is 7.71. The molecule has 2 rings (SSSR count). The molecule has 0 aromatic heterocycles. The van der Waals surface area contributed by atoms with Crippen molar-refractivity contribution in [3.05, 3.63) is 0 Å². The van der Waals surface area contributed by atoms with Crippen molar-refractivity contribution in [3.8, 4) is 0 Å². The van der Waals surface area contributed by atoms with Crippen molar-refractivity contribution < 1.29 is 0 Å². The molecule has 1 aliphatic heterocycles. The van der Waals surface area contributed by atoms with Crippen LogP contribution in [0.5, 0.6) is 0 Å². The first kappa shape index (κ1) is 8.42. The lowest BCUT2D eigenvalue weighted by Crippen LogP contribution is -2.35. The van der Waals surface area contributed by atoms with Crippen LogP contribution in [0.3, 0.4) is 0 Å². The molecule has 2 nitrogen and oxygen atoms in total. The topological polar surface area (TPSA) is 24.4 Å². The van der Waals surface area contributed by atoms with Crippen LogP contribution in [0.1, 0.15) is 26.7 Å². The zero-order chi connectivity index (χ0) is 8.55. The molecule has 0 radical (unpaired) electrons. The molecule has 1 heterocycles. The summed E-state index contributed by atoms with van der Waals surface area (Å²) in [4.78, 5) is 4.65. The second kappa shape index (κ2) is 3.29. The number of hydrogen-bond donors (Lipinski definition) is 1. The standard InChI is InChI=1S/C9H16N2S/c1-6-5-8(6)11-9-10-7(2)3-4-12-9/h6-8H,3-5H2,1-2H3,(H,10,11). The van der Waals surface area contributed by atoms with Crippen molar-refractivity contribution in [1.29, 1.82) is 0 Å². The van der Waals surface area contributed by atoms with Gasteiger partial charge in [0.2, 0.25) is 0 Å². The molecule has 3 unspecified atom stereocenters. The van der Waals surface area contributed by atoms with Crippen LogP contribution < -0.4 is 5.32 Å². The van der Waals surface area contributed by atoms with Crippen LogP contribution in [-0.2, 0) is 0 Å². The maximum absolute atomic E-state index is 4.65. The van der Waals surface area contributed by atoms with Gasteiger partial charge in [0.15, 0.2) is 5.17 Å². The Hall–Kier alpha value is -0.180. The van der Waals surface area contributed by atoms with Crippen molar-refractivity contribution >= 4 is 16.9 Å². The normalized spacial score (nSPS) is 44.2. The monoisotopic (exact) mass is 184 g/mol. The van der Waals surface area contributed by atoms with E-state index in [0.29, 0.717) is 12.1 Å². The van der Waals surface area contributed by atoms with Gasteiger partial charge in [0.1, 0.15) is 0 Å². The number of nitrogens with zero attached hydrogens (tertiary/aromatic N) is 1. The van der Waals surface area contributed by atoms with Gasteiger partial charge in [-0.25, -0.2) is 0 Å². The molecule has 0 amide bonds. The molecule has 0 aromatic carbocycles. The van der Waals surface area contributed by atoms with E-state index in [0.717, 1.165) is 5.92 Å². The summed E-state index contributed by atoms with van der Waals surface area (Å²) >= 11 is 1.88. The third kappa shape index (κ3) is 1.94. The highest BCUT2D eigenvalue weighted by molar-refractivity contribution is 8.13. The SMILES string of the molecule is CC1CCSC(=NC2CC2C)N1. The first-order chi connectivity index (χ1) is 5.75. The van der Waals surface area contributed by atoms with Gasteiger partial charge in [0.25, 0.3) is 0 Å². The molecule has 0 spiro atoms. The zero-order valence-corrected chi connectivity index (χ0v) is 8.53. The van der Waals surface area contributed by atoms with E-state index in [4.69, 9.17) is 0 Å². The predicted molar refractivity (Wildman–Crippen MR) is 54.7 cm³/mol. The minimum atomic E-state index is 0.624. The van der Waals surface area contributed by atoms with E-state index in [1.54, 1.807) is 0 Å². The van der Waals surface area contributed by atoms with Gasteiger partial charge in [-0.05, 0) is 25.7 Å². The summed E-state index contributed by atoms with van der Waals surface area (Å²) in [5, 5.41) is 4.60. The molecular weight excluding hydrogens is 168 g/mol. The molecule has 3 atom stereocenters. The van der Waals surface area contributed by atoms with Crippen LogP contribution in [-0.4, -0.2) is 23.0 Å². The van der Waals surface area contributed by atoms with E-state index < -0.39 is 0 Å². The number of rotatable bonds is 1. The van der Waals surface area contributed by atoms with Crippen LogP contribution in [0.15, 0.2) is 4.99 Å². The van der Waals surface area contributed by atoms with E-state index in [9.17, 15) is 0 Å². The first-order valence-electron chi connectivity index (χ1n) is 4.73. The molecule has 1 saturated carbocycles. The van der Waals surface area contributed by atoms with Crippen LogP contribution in [0.2, 0.25) is 0 Å². The molecule has 1 aliphatic carbocycles. The van der Waals surface area contributed by atoms with Gasteiger partial charge in [-0.2, -0.15) is 0 Å². The van der Waals surface area contributed by atoms with E-state index in [2.05, 4.69) is 24.2 Å². The average Bonchev–Trinajstić information content (AvgIpc) is 2.66. The van der Waals surface area contributed by atoms with Crippen molar-refractivity contribution in [2.75, 3.05) is 5.75 Å². The summed E-state index contributed by atoms with van der Waals surface area (Å²) in [6.07, 6.45) is 2.56. The lowest BCUT2D eigenvalue weighted by Gasteiger charge is -2.21. The van der Waals surface area contributed by atoms with E-state index >= 15 is 0 Å². The lowest BCUT2D eigenvalue weighted by atomic mass is 10.3. The van der Waals surface area contributed by atoms with Crippen LogP contribution >= 0.6 is 11.8 Å². The van der Waals surface area contributed by atoms with Gasteiger partial charge in [0.05, 0.1) is 6.04 Å². The van der Waals surface area contributed by atoms with E-state index in [1.807, 2.05) is 11.8 Å². The molecule has 0 bridgehead atoms. The molecule has 2 fully saturated rings. The molecule has 1 saturated heterocycles. The Morgan fingerprint density at radius 2 is 2.25 bits per heavy atom. The second-order valence-corrected chi connectivity index (χ2v) is 4.98. The molecule has 3 heteroatoms. The Balaban J connectivity index is 1.90. The fourth-order valence-corrected chi connectivity index (χ4v) is 2.52. The predicted octanol–water partition coefficient (Wildman–Crippen LogP) is 1.87. The highest BCUT2D eigenvalue weighted by Gasteiger charge is 2.33. The summed E-state index contributed by atoms with van der Waals surface area (Å²) in [6.45, 7) is 4.50. The maximum atomic E-state index is 4.65. The largest absolute Gasteiger partial charge is 0.362 e. The van der Waals surface area contributed by atoms with Crippen molar-refractivity contribution in [2.45, 2.75) is 38.8 Å². The van der Waals surface area contributed by atoms with Crippen LogP contribution in [0.25, 0.3) is 0 Å². The molecule has 2 aliphatic rings. The first-order valence-corrected chi connectivity index (χ1v) is 5.71. The molecule has 1 N–H and O–H groups in total. The number of thioether (sulfide) groups is 1. The van der Waals surface area contributed by atoms with Crippen molar-refractivity contribution in [2.24, 2.45) is 10.9 Å². The van der Waals surface area contributed by atoms with Crippen molar-refractivity contribution in [3.63, 3.8) is 0 Å². The van der Waals surface area contributed by atoms with Gasteiger partial charge >= 0.3 is 0 Å². The van der Waals surface area contributed by atoms with Gasteiger partial charge in [0, 0.05) is 11.8 Å². The number of amidine groups is 1. The summed E-state index contributed by atoms with van der Waals surface area (Å²) in [7, 11) is 0. The summed E-state index contributed by atoms with van der Waals surface area (Å²) in [6, 6.07) is 1.25. The highest BCUT2D eigenvalue weighted by Crippen LogP contribution is 2.33. The van der Waals surface area contributed by atoms with Crippen LogP contribution in [0, 0.1) is 5.92 Å². The van der Waals surface area contributed by atoms with Gasteiger partial charge in [-0.3, -0.25) is 4.99 Å². The Bertz CT molecular complexity index is 203. The van der Waals surface area contributed by atoms with Crippen LogP contribution in [0.4, 0.5) is 0 Å². The third-order valence-electron chi connectivity index (χ3n) is 2.51. The quantitative estimate of drug-likeness (QED) is 0.672.